The van der Waals surface area contributed by atoms with E-state index in [1.54, 1.807) is 18.2 Å². The molecule has 0 aliphatic rings. The van der Waals surface area contributed by atoms with Crippen molar-refractivity contribution in [1.82, 2.24) is 4.98 Å². The summed E-state index contributed by atoms with van der Waals surface area (Å²) in [5, 5.41) is 1.87. The molecule has 3 nitrogen and oxygen atoms in total. The molecule has 0 aliphatic heterocycles. The topological polar surface area (TPSA) is 43.1 Å². The highest BCUT2D eigenvalue weighted by atomic mass is 16.4. The second-order valence-corrected chi connectivity index (χ2v) is 4.88. The Morgan fingerprint density at radius 1 is 0.857 bits per heavy atom. The molecule has 0 N–H and O–H groups in total. The molecule has 0 saturated carbocycles. The van der Waals surface area contributed by atoms with Gasteiger partial charge in [0.05, 0.1) is 5.52 Å². The number of pyridine rings is 1. The van der Waals surface area contributed by atoms with E-state index in [1.165, 1.54) is 0 Å². The molecule has 0 radical (unpaired) electrons. The predicted molar refractivity (Wildman–Crippen MR) is 81.4 cm³/mol. The zero-order chi connectivity index (χ0) is 14.2. The monoisotopic (exact) mass is 273 g/mol. The number of aromatic nitrogens is 1. The SMILES string of the molecule is O=C(c1ccccc1)c1cc2cc3ccccc3nc2o1. The van der Waals surface area contributed by atoms with Crippen LogP contribution in [-0.2, 0) is 0 Å². The van der Waals surface area contributed by atoms with Crippen LogP contribution in [0.25, 0.3) is 22.0 Å². The van der Waals surface area contributed by atoms with Crippen molar-refractivity contribution in [2.45, 2.75) is 0 Å². The number of fused-ring (bicyclic) bond motifs is 2. The van der Waals surface area contributed by atoms with Crippen LogP contribution in [0, 0.1) is 0 Å². The number of benzene rings is 2. The molecule has 4 aromatic rings. The van der Waals surface area contributed by atoms with Gasteiger partial charge < -0.3 is 4.42 Å². The number of hydrogen-bond donors (Lipinski definition) is 0. The summed E-state index contributed by atoms with van der Waals surface area (Å²) >= 11 is 0. The first-order valence-electron chi connectivity index (χ1n) is 6.70. The van der Waals surface area contributed by atoms with E-state index in [1.807, 2.05) is 48.5 Å². The van der Waals surface area contributed by atoms with Gasteiger partial charge in [0, 0.05) is 16.3 Å². The van der Waals surface area contributed by atoms with Crippen LogP contribution in [0.2, 0.25) is 0 Å². The quantitative estimate of drug-likeness (QED) is 0.514. The van der Waals surface area contributed by atoms with Crippen molar-refractivity contribution < 1.29 is 9.21 Å². The number of carbonyl (C=O) groups is 1. The molecule has 2 heterocycles. The van der Waals surface area contributed by atoms with Gasteiger partial charge in [0.1, 0.15) is 0 Å². The van der Waals surface area contributed by atoms with Gasteiger partial charge in [-0.05, 0) is 18.2 Å². The molecule has 0 amide bonds. The Hall–Kier alpha value is -2.94. The number of nitrogens with zero attached hydrogens (tertiary/aromatic N) is 1. The molecule has 0 saturated heterocycles. The average molecular weight is 273 g/mol. The summed E-state index contributed by atoms with van der Waals surface area (Å²) in [6.07, 6.45) is 0. The van der Waals surface area contributed by atoms with Gasteiger partial charge in [-0.2, -0.15) is 0 Å². The maximum absolute atomic E-state index is 12.4. The Morgan fingerprint density at radius 3 is 2.48 bits per heavy atom. The van der Waals surface area contributed by atoms with Crippen molar-refractivity contribution in [1.29, 1.82) is 0 Å². The van der Waals surface area contributed by atoms with Crippen molar-refractivity contribution in [3.8, 4) is 0 Å². The Balaban J connectivity index is 1.87. The highest BCUT2D eigenvalue weighted by Gasteiger charge is 2.15. The number of hydrogen-bond acceptors (Lipinski definition) is 3. The fourth-order valence-electron chi connectivity index (χ4n) is 2.42. The van der Waals surface area contributed by atoms with Crippen LogP contribution in [0.1, 0.15) is 16.1 Å². The van der Waals surface area contributed by atoms with E-state index in [2.05, 4.69) is 4.98 Å². The third-order valence-corrected chi connectivity index (χ3v) is 3.47. The van der Waals surface area contributed by atoms with Gasteiger partial charge in [0.25, 0.3) is 0 Å². The maximum atomic E-state index is 12.4. The zero-order valence-corrected chi connectivity index (χ0v) is 11.1. The molecular formula is C18H11NO2. The van der Waals surface area contributed by atoms with E-state index in [0.717, 1.165) is 16.3 Å². The second kappa shape index (κ2) is 4.56. The number of carbonyl (C=O) groups excluding carboxylic acids is 1. The van der Waals surface area contributed by atoms with Crippen LogP contribution >= 0.6 is 0 Å². The summed E-state index contributed by atoms with van der Waals surface area (Å²) < 4.78 is 5.63. The summed E-state index contributed by atoms with van der Waals surface area (Å²) in [5.41, 5.74) is 1.96. The van der Waals surface area contributed by atoms with Gasteiger partial charge >= 0.3 is 0 Å². The molecule has 0 atom stereocenters. The summed E-state index contributed by atoms with van der Waals surface area (Å²) in [7, 11) is 0. The Labute approximate surface area is 120 Å². The van der Waals surface area contributed by atoms with Gasteiger partial charge in [-0.1, -0.05) is 48.5 Å². The Morgan fingerprint density at radius 2 is 1.62 bits per heavy atom. The lowest BCUT2D eigenvalue weighted by molar-refractivity contribution is 0.101. The van der Waals surface area contributed by atoms with Crippen molar-refractivity contribution in [3.05, 3.63) is 78.1 Å². The van der Waals surface area contributed by atoms with Gasteiger partial charge in [0.2, 0.25) is 11.5 Å². The molecule has 100 valence electrons. The molecule has 0 bridgehead atoms. The minimum atomic E-state index is -0.127. The summed E-state index contributed by atoms with van der Waals surface area (Å²) in [6, 6.07) is 20.7. The highest BCUT2D eigenvalue weighted by molar-refractivity contribution is 6.09. The summed E-state index contributed by atoms with van der Waals surface area (Å²) in [4.78, 5) is 16.8. The normalized spacial score (nSPS) is 11.0. The number of para-hydroxylation sites is 1. The molecule has 0 spiro atoms. The van der Waals surface area contributed by atoms with Crippen molar-refractivity contribution in [3.63, 3.8) is 0 Å². The largest absolute Gasteiger partial charge is 0.434 e. The molecule has 0 fully saturated rings. The lowest BCUT2D eigenvalue weighted by atomic mass is 10.1. The third kappa shape index (κ3) is 1.99. The lowest BCUT2D eigenvalue weighted by Gasteiger charge is -1.95. The van der Waals surface area contributed by atoms with E-state index in [-0.39, 0.29) is 5.78 Å². The molecular weight excluding hydrogens is 262 g/mol. The molecule has 2 aromatic heterocycles. The van der Waals surface area contributed by atoms with Gasteiger partial charge in [0.15, 0.2) is 5.76 Å². The molecule has 21 heavy (non-hydrogen) atoms. The molecule has 0 unspecified atom stereocenters. The fourth-order valence-corrected chi connectivity index (χ4v) is 2.42. The van der Waals surface area contributed by atoms with E-state index in [4.69, 9.17) is 4.42 Å². The number of rotatable bonds is 2. The van der Waals surface area contributed by atoms with E-state index in [0.29, 0.717) is 17.0 Å². The first-order valence-corrected chi connectivity index (χ1v) is 6.70. The van der Waals surface area contributed by atoms with Crippen LogP contribution in [0.4, 0.5) is 0 Å². The standard InChI is InChI=1S/C18H11NO2/c20-17(12-6-2-1-3-7-12)16-11-14-10-13-8-4-5-9-15(13)19-18(14)21-16/h1-11H. The van der Waals surface area contributed by atoms with E-state index < -0.39 is 0 Å². The summed E-state index contributed by atoms with van der Waals surface area (Å²) in [5.74, 6) is 0.191. The van der Waals surface area contributed by atoms with Crippen molar-refractivity contribution >= 4 is 27.8 Å². The van der Waals surface area contributed by atoms with E-state index >= 15 is 0 Å². The molecule has 2 aromatic carbocycles. The first kappa shape index (κ1) is 11.9. The van der Waals surface area contributed by atoms with Crippen LogP contribution in [0.15, 0.2) is 71.1 Å². The van der Waals surface area contributed by atoms with Gasteiger partial charge in [-0.25, -0.2) is 4.98 Å². The molecule has 3 heteroatoms. The number of ketones is 1. The van der Waals surface area contributed by atoms with Crippen LogP contribution in [0.5, 0.6) is 0 Å². The predicted octanol–water partition coefficient (Wildman–Crippen LogP) is 4.21. The van der Waals surface area contributed by atoms with Crippen LogP contribution in [-0.4, -0.2) is 10.8 Å². The van der Waals surface area contributed by atoms with Gasteiger partial charge in [-0.3, -0.25) is 4.79 Å². The van der Waals surface area contributed by atoms with Gasteiger partial charge in [-0.15, -0.1) is 0 Å². The average Bonchev–Trinajstić information content (AvgIpc) is 2.95. The van der Waals surface area contributed by atoms with Crippen LogP contribution < -0.4 is 0 Å². The Kier molecular flexibility index (Phi) is 2.57. The van der Waals surface area contributed by atoms with Crippen LogP contribution in [0.3, 0.4) is 0 Å². The fraction of sp³-hybridized carbons (Fsp3) is 0. The smallest absolute Gasteiger partial charge is 0.228 e. The zero-order valence-electron chi connectivity index (χ0n) is 11.1. The van der Waals surface area contributed by atoms with E-state index in [9.17, 15) is 4.79 Å². The minimum absolute atomic E-state index is 0.127. The second-order valence-electron chi connectivity index (χ2n) is 4.88. The minimum Gasteiger partial charge on any atom is -0.434 e. The molecule has 0 aliphatic carbocycles. The maximum Gasteiger partial charge on any atom is 0.228 e. The third-order valence-electron chi connectivity index (χ3n) is 3.47. The van der Waals surface area contributed by atoms with Crippen molar-refractivity contribution in [2.24, 2.45) is 0 Å². The molecule has 4 rings (SSSR count). The van der Waals surface area contributed by atoms with Crippen molar-refractivity contribution in [2.75, 3.05) is 0 Å². The first-order chi connectivity index (χ1) is 10.3. The number of furan rings is 1. The highest BCUT2D eigenvalue weighted by Crippen LogP contribution is 2.24. The lowest BCUT2D eigenvalue weighted by Crippen LogP contribution is -1.98. The summed E-state index contributed by atoms with van der Waals surface area (Å²) in [6.45, 7) is 0. The Bertz CT molecular complexity index is 902.